The van der Waals surface area contributed by atoms with Gasteiger partial charge in [0.25, 0.3) is 0 Å². The Hall–Kier alpha value is -1.26. The van der Waals surface area contributed by atoms with Crippen molar-refractivity contribution < 1.29 is 4.39 Å². The molecular formula is C15H17FN2S. The van der Waals surface area contributed by atoms with Crippen molar-refractivity contribution in [2.24, 2.45) is 0 Å². The Morgan fingerprint density at radius 2 is 1.95 bits per heavy atom. The van der Waals surface area contributed by atoms with Gasteiger partial charge in [0, 0.05) is 17.4 Å². The Balaban J connectivity index is 1.75. The Kier molecular flexibility index (Phi) is 3.62. The lowest BCUT2D eigenvalue weighted by molar-refractivity contribution is 0.116. The Morgan fingerprint density at radius 1 is 1.21 bits per heavy atom. The fourth-order valence-corrected chi connectivity index (χ4v) is 3.39. The summed E-state index contributed by atoms with van der Waals surface area (Å²) >= 11 is 1.57. The average Bonchev–Trinajstić information content (AvgIpc) is 2.88. The van der Waals surface area contributed by atoms with Gasteiger partial charge in [-0.1, -0.05) is 30.3 Å². The molecule has 2 heterocycles. The first kappa shape index (κ1) is 12.8. The molecule has 1 aromatic heterocycles. The lowest BCUT2D eigenvalue weighted by Crippen LogP contribution is -2.40. The average molecular weight is 276 g/mol. The number of hydrogen-bond donors (Lipinski definition) is 1. The van der Waals surface area contributed by atoms with Crippen molar-refractivity contribution in [1.82, 2.24) is 10.3 Å². The molecule has 19 heavy (non-hydrogen) atoms. The van der Waals surface area contributed by atoms with E-state index in [1.807, 2.05) is 35.7 Å². The summed E-state index contributed by atoms with van der Waals surface area (Å²) in [6.07, 6.45) is 1.63. The van der Waals surface area contributed by atoms with Gasteiger partial charge in [-0.2, -0.15) is 0 Å². The molecule has 0 saturated carbocycles. The minimum atomic E-state index is -1.07. The van der Waals surface area contributed by atoms with Gasteiger partial charge in [-0.25, -0.2) is 9.37 Å². The second-order valence-electron chi connectivity index (χ2n) is 5.07. The second kappa shape index (κ2) is 5.39. The van der Waals surface area contributed by atoms with Gasteiger partial charge in [0.05, 0.1) is 10.7 Å². The van der Waals surface area contributed by atoms with Crippen molar-refractivity contribution >= 4 is 11.3 Å². The summed E-state index contributed by atoms with van der Waals surface area (Å²) in [4.78, 5) is 4.58. The van der Waals surface area contributed by atoms with Crippen LogP contribution in [-0.4, -0.2) is 23.7 Å². The van der Waals surface area contributed by atoms with Crippen LogP contribution in [0.3, 0.4) is 0 Å². The number of thiazole rings is 1. The predicted octanol–water partition coefficient (Wildman–Crippen LogP) is 3.44. The maximum Gasteiger partial charge on any atom is 0.119 e. The van der Waals surface area contributed by atoms with Crippen LogP contribution < -0.4 is 5.32 Å². The van der Waals surface area contributed by atoms with Crippen LogP contribution in [0.2, 0.25) is 0 Å². The number of piperidine rings is 1. The zero-order chi connectivity index (χ0) is 13.1. The minimum Gasteiger partial charge on any atom is -0.316 e. The number of hydrogen-bond acceptors (Lipinski definition) is 3. The molecule has 0 amide bonds. The number of nitrogens with one attached hydrogen (secondary N) is 1. The van der Waals surface area contributed by atoms with Crippen LogP contribution in [0.4, 0.5) is 4.39 Å². The topological polar surface area (TPSA) is 24.9 Å². The van der Waals surface area contributed by atoms with Crippen molar-refractivity contribution in [3.8, 4) is 11.3 Å². The molecule has 1 saturated heterocycles. The van der Waals surface area contributed by atoms with Gasteiger partial charge < -0.3 is 5.32 Å². The molecular weight excluding hydrogens is 259 g/mol. The smallest absolute Gasteiger partial charge is 0.119 e. The fourth-order valence-electron chi connectivity index (χ4n) is 2.46. The largest absolute Gasteiger partial charge is 0.316 e. The van der Waals surface area contributed by atoms with E-state index < -0.39 is 5.67 Å². The fraction of sp³-hybridized carbons (Fsp3) is 0.400. The van der Waals surface area contributed by atoms with Crippen molar-refractivity contribution in [3.63, 3.8) is 0 Å². The lowest BCUT2D eigenvalue weighted by Gasteiger charge is -2.29. The van der Waals surface area contributed by atoms with Crippen molar-refractivity contribution in [3.05, 3.63) is 40.7 Å². The highest BCUT2D eigenvalue weighted by molar-refractivity contribution is 7.09. The third-order valence-corrected chi connectivity index (χ3v) is 4.44. The lowest BCUT2D eigenvalue weighted by atomic mass is 9.91. The molecule has 2 nitrogen and oxygen atoms in total. The summed E-state index contributed by atoms with van der Waals surface area (Å²) in [5, 5.41) is 6.13. The summed E-state index contributed by atoms with van der Waals surface area (Å²) in [6, 6.07) is 10.1. The highest BCUT2D eigenvalue weighted by Gasteiger charge is 2.32. The number of rotatable bonds is 3. The predicted molar refractivity (Wildman–Crippen MR) is 77.2 cm³/mol. The summed E-state index contributed by atoms with van der Waals surface area (Å²) in [5.74, 6) is 0. The van der Waals surface area contributed by atoms with Crippen molar-refractivity contribution in [2.75, 3.05) is 13.1 Å². The molecule has 0 radical (unpaired) electrons. The molecule has 100 valence electrons. The van der Waals surface area contributed by atoms with E-state index in [2.05, 4.69) is 10.3 Å². The minimum absolute atomic E-state index is 0.451. The van der Waals surface area contributed by atoms with E-state index in [1.165, 1.54) is 0 Å². The normalized spacial score (nSPS) is 18.4. The van der Waals surface area contributed by atoms with Crippen LogP contribution in [0.15, 0.2) is 35.7 Å². The van der Waals surface area contributed by atoms with E-state index in [-0.39, 0.29) is 0 Å². The molecule has 0 atom stereocenters. The first-order chi connectivity index (χ1) is 9.25. The van der Waals surface area contributed by atoms with Crippen LogP contribution in [0.25, 0.3) is 11.3 Å². The molecule has 1 fully saturated rings. The highest BCUT2D eigenvalue weighted by Crippen LogP contribution is 2.30. The number of alkyl halides is 1. The number of benzene rings is 1. The number of halogens is 1. The molecule has 0 unspecified atom stereocenters. The number of aromatic nitrogens is 1. The highest BCUT2D eigenvalue weighted by atomic mass is 32.1. The Bertz CT molecular complexity index is 532. The molecule has 3 rings (SSSR count). The van der Waals surface area contributed by atoms with E-state index >= 15 is 0 Å². The molecule has 0 bridgehead atoms. The standard InChI is InChI=1S/C15H17FN2S/c16-15(6-8-17-9-7-15)10-14-18-13(11-19-14)12-4-2-1-3-5-12/h1-5,11,17H,6-10H2. The van der Waals surface area contributed by atoms with Crippen LogP contribution in [0.1, 0.15) is 17.8 Å². The third kappa shape index (κ3) is 3.01. The van der Waals surface area contributed by atoms with Gasteiger partial charge in [0.2, 0.25) is 0 Å². The third-order valence-electron chi connectivity index (χ3n) is 3.59. The van der Waals surface area contributed by atoms with Gasteiger partial charge in [0.15, 0.2) is 0 Å². The van der Waals surface area contributed by atoms with Gasteiger partial charge >= 0.3 is 0 Å². The Labute approximate surface area is 116 Å². The van der Waals surface area contributed by atoms with E-state index in [0.717, 1.165) is 29.4 Å². The summed E-state index contributed by atoms with van der Waals surface area (Å²) in [7, 11) is 0. The van der Waals surface area contributed by atoms with E-state index in [0.29, 0.717) is 19.3 Å². The molecule has 1 aliphatic heterocycles. The SMILES string of the molecule is FC1(Cc2nc(-c3ccccc3)cs2)CCNCC1. The maximum atomic E-state index is 14.6. The quantitative estimate of drug-likeness (QED) is 0.929. The Morgan fingerprint density at radius 3 is 2.68 bits per heavy atom. The molecule has 1 aromatic carbocycles. The molecule has 0 aliphatic carbocycles. The molecule has 1 aliphatic rings. The maximum absolute atomic E-state index is 14.6. The van der Waals surface area contributed by atoms with Gasteiger partial charge in [0.1, 0.15) is 5.67 Å². The number of nitrogens with zero attached hydrogens (tertiary/aromatic N) is 1. The van der Waals surface area contributed by atoms with Crippen LogP contribution in [-0.2, 0) is 6.42 Å². The molecule has 4 heteroatoms. The van der Waals surface area contributed by atoms with Gasteiger partial charge in [-0.15, -0.1) is 11.3 Å². The summed E-state index contributed by atoms with van der Waals surface area (Å²) in [6.45, 7) is 1.54. The molecule has 1 N–H and O–H groups in total. The van der Waals surface area contributed by atoms with Gasteiger partial charge in [-0.3, -0.25) is 0 Å². The van der Waals surface area contributed by atoms with E-state index in [4.69, 9.17) is 0 Å². The van der Waals surface area contributed by atoms with Crippen LogP contribution in [0.5, 0.6) is 0 Å². The van der Waals surface area contributed by atoms with Crippen molar-refractivity contribution in [2.45, 2.75) is 24.9 Å². The van der Waals surface area contributed by atoms with Crippen LogP contribution >= 0.6 is 11.3 Å². The molecule has 0 spiro atoms. The first-order valence-corrected chi connectivity index (χ1v) is 7.53. The first-order valence-electron chi connectivity index (χ1n) is 6.65. The second-order valence-corrected chi connectivity index (χ2v) is 6.01. The summed E-state index contributed by atoms with van der Waals surface area (Å²) < 4.78 is 14.6. The summed E-state index contributed by atoms with van der Waals surface area (Å²) in [5.41, 5.74) is 0.984. The van der Waals surface area contributed by atoms with E-state index in [1.54, 1.807) is 11.3 Å². The van der Waals surface area contributed by atoms with Crippen molar-refractivity contribution in [1.29, 1.82) is 0 Å². The van der Waals surface area contributed by atoms with Gasteiger partial charge in [-0.05, 0) is 25.9 Å². The molecule has 2 aromatic rings. The van der Waals surface area contributed by atoms with Crippen LogP contribution in [0, 0.1) is 0 Å². The zero-order valence-electron chi connectivity index (χ0n) is 10.7. The monoisotopic (exact) mass is 276 g/mol. The van der Waals surface area contributed by atoms with E-state index in [9.17, 15) is 4.39 Å². The zero-order valence-corrected chi connectivity index (χ0v) is 11.5.